The molecule has 0 aromatic carbocycles. The van der Waals surface area contributed by atoms with Gasteiger partial charge in [0.2, 0.25) is 0 Å². The van der Waals surface area contributed by atoms with Gasteiger partial charge in [-0.2, -0.15) is 0 Å². The molecule has 0 radical (unpaired) electrons. The smallest absolute Gasteiger partial charge is 0.135 e. The number of aromatic nitrogens is 2. The van der Waals surface area contributed by atoms with E-state index in [2.05, 4.69) is 41.4 Å². The van der Waals surface area contributed by atoms with Crippen LogP contribution in [0.5, 0.6) is 0 Å². The van der Waals surface area contributed by atoms with E-state index in [1.807, 2.05) is 6.92 Å². The highest BCUT2D eigenvalue weighted by Crippen LogP contribution is 2.28. The van der Waals surface area contributed by atoms with Gasteiger partial charge in [0.05, 0.1) is 6.10 Å². The molecule has 0 aliphatic carbocycles. The fraction of sp³-hybridized carbons (Fsp3) is 0.714. The van der Waals surface area contributed by atoms with Gasteiger partial charge in [0.1, 0.15) is 18.0 Å². The maximum Gasteiger partial charge on any atom is 0.135 e. The van der Waals surface area contributed by atoms with Crippen molar-refractivity contribution in [2.45, 2.75) is 52.6 Å². The fourth-order valence-corrected chi connectivity index (χ4v) is 2.04. The number of aliphatic hydroxyl groups is 1. The first-order valence-corrected chi connectivity index (χ1v) is 7.10. The molecule has 0 aliphatic rings. The van der Waals surface area contributed by atoms with Crippen molar-refractivity contribution in [2.75, 3.05) is 23.7 Å². The minimum atomic E-state index is -0.331. The lowest BCUT2D eigenvalue weighted by Crippen LogP contribution is -2.21. The predicted molar refractivity (Wildman–Crippen MR) is 79.7 cm³/mol. The largest absolute Gasteiger partial charge is 0.391 e. The first-order valence-electron chi connectivity index (χ1n) is 7.10. The van der Waals surface area contributed by atoms with E-state index in [9.17, 15) is 5.11 Å². The molecule has 3 N–H and O–H groups in total. The summed E-state index contributed by atoms with van der Waals surface area (Å²) in [6, 6.07) is 0. The van der Waals surface area contributed by atoms with Crippen molar-refractivity contribution in [3.05, 3.63) is 11.9 Å². The average Bonchev–Trinajstić information content (AvgIpc) is 2.37. The summed E-state index contributed by atoms with van der Waals surface area (Å²) in [5.74, 6) is 2.01. The molecule has 0 aliphatic heterocycles. The van der Waals surface area contributed by atoms with Crippen LogP contribution < -0.4 is 10.6 Å². The van der Waals surface area contributed by atoms with Crippen LogP contribution in [0.1, 0.15) is 52.0 Å². The van der Waals surface area contributed by atoms with Crippen molar-refractivity contribution in [1.29, 1.82) is 0 Å². The Morgan fingerprint density at radius 2 is 1.79 bits per heavy atom. The predicted octanol–water partition coefficient (Wildman–Crippen LogP) is 2.60. The molecule has 0 amide bonds. The Hall–Kier alpha value is -1.36. The zero-order valence-electron chi connectivity index (χ0n) is 12.4. The highest BCUT2D eigenvalue weighted by molar-refractivity contribution is 5.58. The number of rotatable bonds is 8. The normalized spacial score (nSPS) is 12.5. The second kappa shape index (κ2) is 7.94. The van der Waals surface area contributed by atoms with Crippen molar-refractivity contribution in [1.82, 2.24) is 9.97 Å². The fourth-order valence-electron chi connectivity index (χ4n) is 2.04. The number of nitrogens with one attached hydrogen (secondary N) is 2. The van der Waals surface area contributed by atoms with E-state index in [1.54, 1.807) is 6.33 Å². The third-order valence-electron chi connectivity index (χ3n) is 2.93. The molecule has 1 aromatic heterocycles. The summed E-state index contributed by atoms with van der Waals surface area (Å²) in [5.41, 5.74) is 1.08. The van der Waals surface area contributed by atoms with Gasteiger partial charge in [-0.3, -0.25) is 0 Å². The molecule has 0 bridgehead atoms. The van der Waals surface area contributed by atoms with E-state index >= 15 is 0 Å². The topological polar surface area (TPSA) is 70.1 Å². The van der Waals surface area contributed by atoms with Gasteiger partial charge in [-0.15, -0.1) is 0 Å². The maximum absolute atomic E-state index is 9.79. The van der Waals surface area contributed by atoms with E-state index in [0.717, 1.165) is 36.6 Å². The molecule has 108 valence electrons. The third-order valence-corrected chi connectivity index (χ3v) is 2.93. The van der Waals surface area contributed by atoms with Crippen molar-refractivity contribution in [3.63, 3.8) is 0 Å². The maximum atomic E-state index is 9.79. The lowest BCUT2D eigenvalue weighted by atomic mass is 10.0. The van der Waals surface area contributed by atoms with Crippen LogP contribution in [0.25, 0.3) is 0 Å². The quantitative estimate of drug-likeness (QED) is 0.674. The van der Waals surface area contributed by atoms with Crippen LogP contribution in [0.3, 0.4) is 0 Å². The number of anilines is 2. The Kier molecular flexibility index (Phi) is 6.56. The summed E-state index contributed by atoms with van der Waals surface area (Å²) >= 11 is 0. The Morgan fingerprint density at radius 3 is 2.32 bits per heavy atom. The van der Waals surface area contributed by atoms with E-state index in [-0.39, 0.29) is 6.10 Å². The molecule has 1 rings (SSSR count). The summed E-state index contributed by atoms with van der Waals surface area (Å²) in [6.07, 6.45) is 3.00. The zero-order chi connectivity index (χ0) is 14.3. The van der Waals surface area contributed by atoms with Crippen molar-refractivity contribution in [2.24, 2.45) is 0 Å². The van der Waals surface area contributed by atoms with Gasteiger partial charge in [0.25, 0.3) is 0 Å². The zero-order valence-corrected chi connectivity index (χ0v) is 12.4. The molecule has 0 saturated heterocycles. The first-order chi connectivity index (χ1) is 9.10. The molecule has 5 nitrogen and oxygen atoms in total. The monoisotopic (exact) mass is 266 g/mol. The van der Waals surface area contributed by atoms with Crippen LogP contribution in [-0.4, -0.2) is 34.3 Å². The van der Waals surface area contributed by atoms with Crippen molar-refractivity contribution < 1.29 is 5.11 Å². The molecule has 0 saturated carbocycles. The van der Waals surface area contributed by atoms with Crippen LogP contribution in [-0.2, 0) is 0 Å². The lowest BCUT2D eigenvalue weighted by Gasteiger charge is -2.18. The first kappa shape index (κ1) is 15.7. The van der Waals surface area contributed by atoms with Gasteiger partial charge in [-0.1, -0.05) is 27.2 Å². The average molecular weight is 266 g/mol. The van der Waals surface area contributed by atoms with Gasteiger partial charge in [-0.25, -0.2) is 9.97 Å². The number of aliphatic hydroxyl groups excluding tert-OH is 1. The molecule has 0 spiro atoms. The van der Waals surface area contributed by atoms with Crippen LogP contribution in [0.15, 0.2) is 6.33 Å². The van der Waals surface area contributed by atoms with Crippen LogP contribution in [0.2, 0.25) is 0 Å². The minimum absolute atomic E-state index is 0.320. The number of hydrogen-bond donors (Lipinski definition) is 3. The van der Waals surface area contributed by atoms with Crippen molar-refractivity contribution in [3.8, 4) is 0 Å². The Balaban J connectivity index is 2.84. The second-order valence-electron chi connectivity index (χ2n) is 4.99. The van der Waals surface area contributed by atoms with E-state index in [4.69, 9.17) is 0 Å². The van der Waals surface area contributed by atoms with Crippen LogP contribution >= 0.6 is 0 Å². The standard InChI is InChI=1S/C14H26N4O/c1-5-7-11(19)8-16-14-12(10(3)4)13(15-6-2)17-9-18-14/h9-11,19H,5-8H2,1-4H3,(H2,15,16,17,18). The highest BCUT2D eigenvalue weighted by atomic mass is 16.3. The van der Waals surface area contributed by atoms with E-state index in [1.165, 1.54) is 0 Å². The Bertz CT molecular complexity index is 382. The molecule has 19 heavy (non-hydrogen) atoms. The highest BCUT2D eigenvalue weighted by Gasteiger charge is 2.15. The SMILES string of the molecule is CCCC(O)CNc1ncnc(NCC)c1C(C)C. The summed E-state index contributed by atoms with van der Waals surface area (Å²) in [4.78, 5) is 8.59. The molecule has 1 heterocycles. The van der Waals surface area contributed by atoms with Gasteiger partial charge in [-0.05, 0) is 19.3 Å². The Morgan fingerprint density at radius 1 is 1.16 bits per heavy atom. The summed E-state index contributed by atoms with van der Waals surface area (Å²) in [5, 5.41) is 16.3. The summed E-state index contributed by atoms with van der Waals surface area (Å²) < 4.78 is 0. The van der Waals surface area contributed by atoms with Gasteiger partial charge < -0.3 is 15.7 Å². The molecule has 1 unspecified atom stereocenters. The second-order valence-corrected chi connectivity index (χ2v) is 4.99. The lowest BCUT2D eigenvalue weighted by molar-refractivity contribution is 0.176. The minimum Gasteiger partial charge on any atom is -0.391 e. The molecular formula is C14H26N4O. The van der Waals surface area contributed by atoms with E-state index in [0.29, 0.717) is 12.5 Å². The molecule has 1 aromatic rings. The van der Waals surface area contributed by atoms with Crippen molar-refractivity contribution >= 4 is 11.6 Å². The molecule has 0 fully saturated rings. The van der Waals surface area contributed by atoms with Gasteiger partial charge >= 0.3 is 0 Å². The van der Waals surface area contributed by atoms with Gasteiger partial charge in [0.15, 0.2) is 0 Å². The summed E-state index contributed by atoms with van der Waals surface area (Å²) in [7, 11) is 0. The Labute approximate surface area is 115 Å². The summed E-state index contributed by atoms with van der Waals surface area (Å²) in [6.45, 7) is 9.70. The van der Waals surface area contributed by atoms with Gasteiger partial charge in [0, 0.05) is 18.7 Å². The van der Waals surface area contributed by atoms with Crippen LogP contribution in [0, 0.1) is 0 Å². The third kappa shape index (κ3) is 4.67. The molecular weight excluding hydrogens is 240 g/mol. The molecule has 5 heteroatoms. The molecule has 1 atom stereocenters. The number of hydrogen-bond acceptors (Lipinski definition) is 5. The number of nitrogens with zero attached hydrogens (tertiary/aromatic N) is 2. The van der Waals surface area contributed by atoms with E-state index < -0.39 is 0 Å². The van der Waals surface area contributed by atoms with Crippen LogP contribution in [0.4, 0.5) is 11.6 Å².